The van der Waals surface area contributed by atoms with Gasteiger partial charge in [-0.1, -0.05) is 19.1 Å². The Morgan fingerprint density at radius 3 is 2.51 bits per heavy atom. The highest BCUT2D eigenvalue weighted by atomic mass is 32.2. The van der Waals surface area contributed by atoms with Gasteiger partial charge in [-0.05, 0) is 60.2 Å². The number of amides is 1. The molecule has 228 valence electrons. The molecule has 3 aromatic carbocycles. The number of hydrogen-bond acceptors (Lipinski definition) is 5. The quantitative estimate of drug-likeness (QED) is 0.224. The van der Waals surface area contributed by atoms with Gasteiger partial charge in [-0.25, -0.2) is 22.2 Å². The highest BCUT2D eigenvalue weighted by molar-refractivity contribution is 7.92. The van der Waals surface area contributed by atoms with Crippen LogP contribution in [0.1, 0.15) is 28.8 Å². The normalized spacial score (nSPS) is 14.4. The van der Waals surface area contributed by atoms with Gasteiger partial charge in [0.15, 0.2) is 0 Å². The first kappa shape index (κ1) is 28.7. The van der Waals surface area contributed by atoms with Gasteiger partial charge in [0.2, 0.25) is 10.0 Å². The number of hydrogen-bond donors (Lipinski definition) is 1. The van der Waals surface area contributed by atoms with Crippen molar-refractivity contribution in [2.75, 3.05) is 24.7 Å². The predicted octanol–water partition coefficient (Wildman–Crippen LogP) is 6.93. The van der Waals surface area contributed by atoms with Gasteiger partial charge in [0.1, 0.15) is 23.0 Å². The van der Waals surface area contributed by atoms with E-state index in [1.54, 1.807) is 24.3 Å². The molecule has 3 aromatic heterocycles. The van der Waals surface area contributed by atoms with Gasteiger partial charge >= 0.3 is 0 Å². The van der Waals surface area contributed by atoms with Crippen molar-refractivity contribution < 1.29 is 26.4 Å². The third-order valence-electron chi connectivity index (χ3n) is 8.53. The summed E-state index contributed by atoms with van der Waals surface area (Å²) in [6.07, 6.45) is 1.10. The topological polar surface area (TPSA) is 97.4 Å². The maximum absolute atomic E-state index is 14.8. The summed E-state index contributed by atoms with van der Waals surface area (Å²) in [6.45, 7) is 2.74. The second kappa shape index (κ2) is 10.3. The summed E-state index contributed by atoms with van der Waals surface area (Å²) in [5.74, 6) is -0.887. The zero-order valence-corrected chi connectivity index (χ0v) is 25.7. The summed E-state index contributed by atoms with van der Waals surface area (Å²) in [4.78, 5) is 18.3. The number of sulfonamides is 1. The van der Waals surface area contributed by atoms with Gasteiger partial charge in [-0.15, -0.1) is 0 Å². The number of rotatable bonds is 5. The van der Waals surface area contributed by atoms with E-state index in [9.17, 15) is 22.0 Å². The Morgan fingerprint density at radius 2 is 1.80 bits per heavy atom. The van der Waals surface area contributed by atoms with Crippen LogP contribution in [0.4, 0.5) is 14.5 Å². The van der Waals surface area contributed by atoms with E-state index < -0.39 is 21.7 Å². The molecule has 0 saturated heterocycles. The van der Waals surface area contributed by atoms with Gasteiger partial charge in [0.05, 0.1) is 40.1 Å². The number of benzene rings is 3. The van der Waals surface area contributed by atoms with Crippen molar-refractivity contribution in [1.29, 1.82) is 0 Å². The van der Waals surface area contributed by atoms with E-state index in [1.807, 2.05) is 18.2 Å². The Bertz CT molecular complexity index is 2290. The van der Waals surface area contributed by atoms with E-state index in [0.29, 0.717) is 39.8 Å². The van der Waals surface area contributed by atoms with Crippen molar-refractivity contribution in [1.82, 2.24) is 14.9 Å². The number of aromatic nitrogens is 2. The molecule has 0 saturated carbocycles. The Kier molecular flexibility index (Phi) is 6.55. The molecule has 0 aliphatic carbocycles. The number of furan rings is 1. The van der Waals surface area contributed by atoms with Crippen LogP contribution in [0, 0.1) is 11.6 Å². The molecule has 45 heavy (non-hydrogen) atoms. The fourth-order valence-electron chi connectivity index (χ4n) is 6.17. The number of halogens is 2. The van der Waals surface area contributed by atoms with Gasteiger partial charge in [-0.3, -0.25) is 9.10 Å². The zero-order chi connectivity index (χ0) is 31.8. The number of nitrogens with zero attached hydrogens (tertiary/aromatic N) is 3. The van der Waals surface area contributed by atoms with Crippen molar-refractivity contribution in [3.05, 3.63) is 95.6 Å². The maximum atomic E-state index is 14.8. The number of anilines is 1. The average molecular weight is 627 g/mol. The Hall–Kier alpha value is -5.03. The van der Waals surface area contributed by atoms with Crippen molar-refractivity contribution in [2.45, 2.75) is 19.4 Å². The molecule has 1 unspecified atom stereocenters. The van der Waals surface area contributed by atoms with Gasteiger partial charge in [0.25, 0.3) is 5.91 Å². The van der Waals surface area contributed by atoms with Crippen LogP contribution in [-0.2, 0) is 16.6 Å². The molecule has 4 heterocycles. The first-order chi connectivity index (χ1) is 21.5. The standard InChI is InChI=1S/C34H28F2N4O4S/c1-18-17-40-27-7-5-6-25(36)22(27)15-29(40)32-21(18)12-13-26(38-32)23-14-24-30(16-28(23)39(3)45(4,42)43)44-33(31(24)34(41)37-2)19-8-10-20(35)11-9-19/h5-16,18H,17H2,1-4H3,(H,37,41). The lowest BCUT2D eigenvalue weighted by Gasteiger charge is -2.26. The van der Waals surface area contributed by atoms with Crippen LogP contribution in [0.3, 0.4) is 0 Å². The number of fused-ring (bicyclic) bond motifs is 6. The van der Waals surface area contributed by atoms with Gasteiger partial charge in [-0.2, -0.15) is 0 Å². The molecule has 7 rings (SSSR count). The molecule has 0 spiro atoms. The largest absolute Gasteiger partial charge is 0.455 e. The molecule has 0 radical (unpaired) electrons. The van der Waals surface area contributed by atoms with E-state index in [1.165, 1.54) is 44.4 Å². The van der Waals surface area contributed by atoms with Crippen LogP contribution in [0.5, 0.6) is 0 Å². The summed E-state index contributed by atoms with van der Waals surface area (Å²) in [6, 6.07) is 19.4. The van der Waals surface area contributed by atoms with Crippen molar-refractivity contribution in [3.63, 3.8) is 0 Å². The third-order valence-corrected chi connectivity index (χ3v) is 9.72. The van der Waals surface area contributed by atoms with Crippen LogP contribution in [0.2, 0.25) is 0 Å². The van der Waals surface area contributed by atoms with E-state index in [4.69, 9.17) is 9.40 Å². The lowest BCUT2D eigenvalue weighted by atomic mass is 9.93. The highest BCUT2D eigenvalue weighted by Crippen LogP contribution is 2.44. The molecule has 1 aliphatic rings. The fraction of sp³-hybridized carbons (Fsp3) is 0.176. The smallest absolute Gasteiger partial charge is 0.255 e. The summed E-state index contributed by atoms with van der Waals surface area (Å²) in [5.41, 5.74) is 5.35. The van der Waals surface area contributed by atoms with Crippen molar-refractivity contribution >= 4 is 43.5 Å². The lowest BCUT2D eigenvalue weighted by molar-refractivity contribution is 0.0964. The van der Waals surface area contributed by atoms with Gasteiger partial charge < -0.3 is 14.3 Å². The van der Waals surface area contributed by atoms with Crippen molar-refractivity contribution in [2.24, 2.45) is 0 Å². The van der Waals surface area contributed by atoms with E-state index >= 15 is 0 Å². The fourth-order valence-corrected chi connectivity index (χ4v) is 6.68. The SMILES string of the molecule is CNC(=O)c1c(-c2ccc(F)cc2)oc2cc(N(C)S(C)(=O)=O)c(-c3ccc4c(n3)-c3cc5c(F)cccc5n3CC4C)cc12. The van der Waals surface area contributed by atoms with Crippen LogP contribution in [0.15, 0.2) is 77.2 Å². The molecule has 1 aliphatic heterocycles. The van der Waals surface area contributed by atoms with E-state index in [2.05, 4.69) is 16.8 Å². The average Bonchev–Trinajstić information content (AvgIpc) is 3.59. The van der Waals surface area contributed by atoms with Crippen LogP contribution in [-0.4, -0.2) is 44.2 Å². The maximum Gasteiger partial charge on any atom is 0.255 e. The number of nitrogens with one attached hydrogen (secondary N) is 1. The Labute approximate surface area is 258 Å². The molecule has 8 nitrogen and oxygen atoms in total. The van der Waals surface area contributed by atoms with Crippen LogP contribution >= 0.6 is 0 Å². The molecule has 0 fully saturated rings. The monoisotopic (exact) mass is 626 g/mol. The first-order valence-corrected chi connectivity index (χ1v) is 16.1. The molecular formula is C34H28F2N4O4S. The summed E-state index contributed by atoms with van der Waals surface area (Å²) >= 11 is 0. The minimum absolute atomic E-state index is 0.0838. The van der Waals surface area contributed by atoms with E-state index in [0.717, 1.165) is 27.3 Å². The van der Waals surface area contributed by atoms with E-state index in [-0.39, 0.29) is 34.3 Å². The highest BCUT2D eigenvalue weighted by Gasteiger charge is 2.29. The molecule has 1 atom stereocenters. The second-order valence-corrected chi connectivity index (χ2v) is 13.4. The zero-order valence-electron chi connectivity index (χ0n) is 24.9. The van der Waals surface area contributed by atoms with Gasteiger partial charge in [0, 0.05) is 54.5 Å². The first-order valence-electron chi connectivity index (χ1n) is 14.3. The minimum Gasteiger partial charge on any atom is -0.455 e. The van der Waals surface area contributed by atoms with Crippen LogP contribution in [0.25, 0.3) is 55.8 Å². The Morgan fingerprint density at radius 1 is 1.04 bits per heavy atom. The third kappa shape index (κ3) is 4.57. The predicted molar refractivity (Wildman–Crippen MR) is 171 cm³/mol. The molecule has 11 heteroatoms. The summed E-state index contributed by atoms with van der Waals surface area (Å²) in [7, 11) is -0.804. The lowest BCUT2D eigenvalue weighted by Crippen LogP contribution is -2.25. The molecule has 1 N–H and O–H groups in total. The number of carbonyl (C=O) groups is 1. The summed E-state index contributed by atoms with van der Waals surface area (Å²) in [5, 5.41) is 3.58. The minimum atomic E-state index is -3.74. The molecule has 6 aromatic rings. The molecule has 1 amide bonds. The number of carbonyl (C=O) groups excluding carboxylic acids is 1. The Balaban J connectivity index is 1.51. The van der Waals surface area contributed by atoms with Crippen LogP contribution < -0.4 is 9.62 Å². The number of pyridine rings is 1. The molecule has 0 bridgehead atoms. The molecular weight excluding hydrogens is 598 g/mol. The second-order valence-electron chi connectivity index (χ2n) is 11.3. The van der Waals surface area contributed by atoms with Crippen molar-refractivity contribution in [3.8, 4) is 34.0 Å². The summed E-state index contributed by atoms with van der Waals surface area (Å²) < 4.78 is 63.6.